The van der Waals surface area contributed by atoms with Crippen LogP contribution in [0.3, 0.4) is 0 Å². The van der Waals surface area contributed by atoms with Crippen LogP contribution in [-0.4, -0.2) is 89.8 Å². The molecule has 5 aliphatic heterocycles. The quantitative estimate of drug-likeness (QED) is 0.392. The van der Waals surface area contributed by atoms with E-state index >= 15 is 0 Å². The molecule has 11 heteroatoms. The molecule has 4 atom stereocenters. The minimum Gasteiger partial charge on any atom is -0.508 e. The van der Waals surface area contributed by atoms with Crippen molar-refractivity contribution in [3.63, 3.8) is 0 Å². The summed E-state index contributed by atoms with van der Waals surface area (Å²) in [5.74, 6) is 1.05. The highest BCUT2D eigenvalue weighted by molar-refractivity contribution is 7.98. The Morgan fingerprint density at radius 1 is 1.17 bits per heavy atom. The van der Waals surface area contributed by atoms with Crippen LogP contribution < -0.4 is 19.7 Å². The molecule has 4 saturated heterocycles. The second-order valence-corrected chi connectivity index (χ2v) is 12.6. The Labute approximate surface area is 242 Å². The summed E-state index contributed by atoms with van der Waals surface area (Å²) in [5, 5.41) is 16.0. The summed E-state index contributed by atoms with van der Waals surface area (Å²) in [6.45, 7) is 4.66. The Kier molecular flexibility index (Phi) is 6.24. The summed E-state index contributed by atoms with van der Waals surface area (Å²) in [6, 6.07) is 12.2. The average molecular weight is 577 g/mol. The SMILES string of the molecule is Oc1cc(C2=Cc3nc(OC[C@@]45CCCN4C[C@H](F)C5)nc(N4C5CNCC4COC5)c3SN2)c2ccccc2c1. The van der Waals surface area contributed by atoms with Gasteiger partial charge in [0.05, 0.1) is 47.1 Å². The lowest BCUT2D eigenvalue weighted by molar-refractivity contribution is 0.0516. The molecule has 9 nitrogen and oxygen atoms in total. The van der Waals surface area contributed by atoms with E-state index in [1.54, 1.807) is 12.1 Å². The van der Waals surface area contributed by atoms with Crippen LogP contribution in [0.5, 0.6) is 11.8 Å². The Bertz CT molecular complexity index is 1520. The number of piperazine rings is 1. The second kappa shape index (κ2) is 10.0. The average Bonchev–Trinajstić information content (AvgIpc) is 3.50. The number of phenolic OH excluding ortho intramolecular Hbond substituents is 1. The van der Waals surface area contributed by atoms with Gasteiger partial charge in [-0.3, -0.25) is 4.90 Å². The minimum atomic E-state index is -0.816. The molecule has 41 heavy (non-hydrogen) atoms. The second-order valence-electron chi connectivity index (χ2n) is 11.8. The minimum absolute atomic E-state index is 0.154. The third-order valence-corrected chi connectivity index (χ3v) is 10.1. The molecule has 2 unspecified atom stereocenters. The predicted octanol–water partition coefficient (Wildman–Crippen LogP) is 3.58. The maximum atomic E-state index is 14.4. The van der Waals surface area contributed by atoms with Crippen molar-refractivity contribution in [1.82, 2.24) is 24.9 Å². The summed E-state index contributed by atoms with van der Waals surface area (Å²) < 4.78 is 30.2. The molecule has 214 valence electrons. The van der Waals surface area contributed by atoms with Crippen molar-refractivity contribution >= 4 is 40.3 Å². The van der Waals surface area contributed by atoms with Gasteiger partial charge in [0.2, 0.25) is 0 Å². The summed E-state index contributed by atoms with van der Waals surface area (Å²) in [6.07, 6.45) is 3.69. The van der Waals surface area contributed by atoms with Crippen molar-refractivity contribution < 1.29 is 19.0 Å². The number of morpholine rings is 1. The number of aromatic hydroxyl groups is 1. The van der Waals surface area contributed by atoms with E-state index in [0.717, 1.165) is 70.9 Å². The molecule has 6 heterocycles. The third kappa shape index (κ3) is 4.41. The Hall–Kier alpha value is -3.12. The number of halogens is 1. The summed E-state index contributed by atoms with van der Waals surface area (Å²) in [5.41, 5.74) is 2.24. The fourth-order valence-corrected chi connectivity index (χ4v) is 8.15. The van der Waals surface area contributed by atoms with E-state index in [9.17, 15) is 9.50 Å². The first kappa shape index (κ1) is 25.6. The monoisotopic (exact) mass is 576 g/mol. The van der Waals surface area contributed by atoms with Crippen molar-refractivity contribution in [3.05, 3.63) is 47.7 Å². The van der Waals surface area contributed by atoms with Crippen molar-refractivity contribution in [2.45, 2.75) is 48.0 Å². The van der Waals surface area contributed by atoms with Gasteiger partial charge in [0, 0.05) is 31.6 Å². The molecule has 2 bridgehead atoms. The number of fused-ring (bicyclic) bond motifs is 5. The zero-order valence-electron chi connectivity index (χ0n) is 22.7. The van der Waals surface area contributed by atoms with E-state index < -0.39 is 6.17 Å². The molecule has 5 aliphatic rings. The molecule has 1 aromatic heterocycles. The number of phenols is 1. The number of nitrogens with one attached hydrogen (secondary N) is 2. The van der Waals surface area contributed by atoms with Crippen molar-refractivity contribution in [1.29, 1.82) is 0 Å². The number of benzene rings is 2. The summed E-state index contributed by atoms with van der Waals surface area (Å²) in [7, 11) is 0. The first-order valence-corrected chi connectivity index (χ1v) is 15.3. The van der Waals surface area contributed by atoms with Crippen molar-refractivity contribution in [2.75, 3.05) is 50.9 Å². The third-order valence-electron chi connectivity index (χ3n) is 9.18. The maximum absolute atomic E-state index is 14.4. The molecular weight excluding hydrogens is 543 g/mol. The van der Waals surface area contributed by atoms with E-state index in [1.165, 1.54) is 11.9 Å². The van der Waals surface area contributed by atoms with Crippen molar-refractivity contribution in [3.8, 4) is 11.8 Å². The van der Waals surface area contributed by atoms with Crippen LogP contribution in [0, 0.1) is 0 Å². The molecular formula is C30H33FN6O3S. The van der Waals surface area contributed by atoms with E-state index in [4.69, 9.17) is 19.4 Å². The van der Waals surface area contributed by atoms with Gasteiger partial charge >= 0.3 is 6.01 Å². The van der Waals surface area contributed by atoms with Gasteiger partial charge in [-0.2, -0.15) is 9.97 Å². The number of ether oxygens (including phenoxy) is 2. The zero-order chi connectivity index (χ0) is 27.6. The Balaban J connectivity index is 1.21. The van der Waals surface area contributed by atoms with E-state index in [2.05, 4.69) is 25.9 Å². The first-order valence-electron chi connectivity index (χ1n) is 14.4. The lowest BCUT2D eigenvalue weighted by Crippen LogP contribution is -2.64. The van der Waals surface area contributed by atoms with E-state index in [-0.39, 0.29) is 23.4 Å². The predicted molar refractivity (Wildman–Crippen MR) is 157 cm³/mol. The van der Waals surface area contributed by atoms with Gasteiger partial charge in [0.25, 0.3) is 0 Å². The normalized spacial score (nSPS) is 29.1. The molecule has 0 spiro atoms. The van der Waals surface area contributed by atoms with Gasteiger partial charge < -0.3 is 29.5 Å². The van der Waals surface area contributed by atoms with Gasteiger partial charge in [-0.05, 0) is 60.3 Å². The molecule has 8 rings (SSSR count). The molecule has 0 radical (unpaired) electrons. The number of alkyl halides is 1. The van der Waals surface area contributed by atoms with Gasteiger partial charge in [0.1, 0.15) is 18.5 Å². The molecule has 4 fully saturated rings. The van der Waals surface area contributed by atoms with E-state index in [0.29, 0.717) is 38.8 Å². The first-order chi connectivity index (χ1) is 20.1. The highest BCUT2D eigenvalue weighted by Crippen LogP contribution is 2.43. The Morgan fingerprint density at radius 3 is 2.90 bits per heavy atom. The number of aromatic nitrogens is 2. The van der Waals surface area contributed by atoms with Crippen LogP contribution in [0.15, 0.2) is 41.3 Å². The summed E-state index contributed by atoms with van der Waals surface area (Å²) >= 11 is 1.49. The number of rotatable bonds is 5. The summed E-state index contributed by atoms with van der Waals surface area (Å²) in [4.78, 5) is 15.5. The zero-order valence-corrected chi connectivity index (χ0v) is 23.5. The van der Waals surface area contributed by atoms with Gasteiger partial charge in [0.15, 0.2) is 5.82 Å². The Morgan fingerprint density at radius 2 is 2.02 bits per heavy atom. The molecule has 2 aromatic carbocycles. The highest BCUT2D eigenvalue weighted by atomic mass is 32.2. The lowest BCUT2D eigenvalue weighted by Gasteiger charge is -2.47. The lowest BCUT2D eigenvalue weighted by atomic mass is 9.95. The molecule has 0 saturated carbocycles. The fourth-order valence-electron chi connectivity index (χ4n) is 7.32. The van der Waals surface area contributed by atoms with Crippen LogP contribution in [0.4, 0.5) is 10.2 Å². The largest absolute Gasteiger partial charge is 0.508 e. The number of hydrogen-bond donors (Lipinski definition) is 3. The number of nitrogens with zero attached hydrogens (tertiary/aromatic N) is 4. The van der Waals surface area contributed by atoms with Gasteiger partial charge in [-0.25, -0.2) is 4.39 Å². The van der Waals surface area contributed by atoms with Crippen LogP contribution in [-0.2, 0) is 4.74 Å². The number of anilines is 1. The van der Waals surface area contributed by atoms with Crippen molar-refractivity contribution in [2.24, 2.45) is 0 Å². The topological polar surface area (TPSA) is 95.0 Å². The van der Waals surface area contributed by atoms with Gasteiger partial charge in [-0.1, -0.05) is 24.3 Å². The molecule has 0 aliphatic carbocycles. The smallest absolute Gasteiger partial charge is 0.319 e. The highest BCUT2D eigenvalue weighted by Gasteiger charge is 2.49. The maximum Gasteiger partial charge on any atom is 0.319 e. The molecule has 3 N–H and O–H groups in total. The van der Waals surface area contributed by atoms with Crippen LogP contribution in [0.25, 0.3) is 22.5 Å². The van der Waals surface area contributed by atoms with Crippen LogP contribution >= 0.6 is 11.9 Å². The van der Waals surface area contributed by atoms with Crippen LogP contribution in [0.2, 0.25) is 0 Å². The van der Waals surface area contributed by atoms with Gasteiger partial charge in [-0.15, -0.1) is 0 Å². The number of hydrogen-bond acceptors (Lipinski definition) is 10. The van der Waals surface area contributed by atoms with E-state index in [1.807, 2.05) is 24.3 Å². The fraction of sp³-hybridized carbons (Fsp3) is 0.467. The molecule has 3 aromatic rings. The standard InChI is InChI=1S/C30H33FN6O3S/c31-19-11-30(6-3-7-36(30)14-19)17-40-29-33-26-10-25(24-9-22(38)8-18-4-1-2-5-23(18)24)35-41-27(26)28(34-29)37-20-12-32-13-21(37)16-39-15-20/h1-2,4-5,8-10,19-21,32,35,38H,3,6-7,11-17H2/t19-,20?,21?,30+/m1/s1. The van der Waals surface area contributed by atoms with Crippen LogP contribution in [0.1, 0.15) is 30.5 Å². The molecule has 0 amide bonds.